The Balaban J connectivity index is 1.59. The molecule has 1 N–H and O–H groups in total. The van der Waals surface area contributed by atoms with E-state index in [-0.39, 0.29) is 18.0 Å². The Labute approximate surface area is 158 Å². The first kappa shape index (κ1) is 17.4. The molecule has 0 aromatic heterocycles. The van der Waals surface area contributed by atoms with Gasteiger partial charge in [0, 0.05) is 30.9 Å². The smallest absolute Gasteiger partial charge is 0.321 e. The Kier molecular flexibility index (Phi) is 4.71. The molecule has 0 radical (unpaired) electrons. The Morgan fingerprint density at radius 3 is 2.78 bits per heavy atom. The van der Waals surface area contributed by atoms with Crippen molar-refractivity contribution in [2.75, 3.05) is 31.6 Å². The number of carbonyl (C=O) groups excluding carboxylic acids is 2. The van der Waals surface area contributed by atoms with E-state index in [2.05, 4.69) is 5.32 Å². The molecule has 140 valence electrons. The summed E-state index contributed by atoms with van der Waals surface area (Å²) < 4.78 is 5.33. The van der Waals surface area contributed by atoms with Gasteiger partial charge in [-0.2, -0.15) is 0 Å². The van der Waals surface area contributed by atoms with Gasteiger partial charge < -0.3 is 15.0 Å². The van der Waals surface area contributed by atoms with E-state index in [0.29, 0.717) is 18.7 Å². The third kappa shape index (κ3) is 3.35. The number of rotatable bonds is 4. The number of ether oxygens (including phenoxy) is 1. The number of methoxy groups -OCH3 is 1. The maximum absolute atomic E-state index is 13.2. The Hall–Kier alpha value is -3.02. The maximum atomic E-state index is 13.2. The average Bonchev–Trinajstić information content (AvgIpc) is 3.36. The molecule has 0 saturated carbocycles. The third-order valence-electron chi connectivity index (χ3n) is 5.25. The average molecular weight is 365 g/mol. The predicted molar refractivity (Wildman–Crippen MR) is 103 cm³/mol. The van der Waals surface area contributed by atoms with E-state index in [4.69, 9.17) is 4.74 Å². The molecule has 2 aromatic rings. The summed E-state index contributed by atoms with van der Waals surface area (Å²) in [5.74, 6) is 0.801. The highest BCUT2D eigenvalue weighted by Gasteiger charge is 2.31. The summed E-state index contributed by atoms with van der Waals surface area (Å²) in [6.45, 7) is 1.98. The Morgan fingerprint density at radius 2 is 2.00 bits per heavy atom. The van der Waals surface area contributed by atoms with Crippen LogP contribution in [-0.4, -0.2) is 43.6 Å². The lowest BCUT2D eigenvalue weighted by Crippen LogP contribution is -2.31. The highest BCUT2D eigenvalue weighted by molar-refractivity contribution is 5.98. The fourth-order valence-electron chi connectivity index (χ4n) is 3.90. The van der Waals surface area contributed by atoms with Crippen molar-refractivity contribution in [3.63, 3.8) is 0 Å². The van der Waals surface area contributed by atoms with Gasteiger partial charge in [0.05, 0.1) is 13.2 Å². The fourth-order valence-corrected chi connectivity index (χ4v) is 3.90. The molecule has 6 nitrogen and oxygen atoms in total. The van der Waals surface area contributed by atoms with E-state index in [0.717, 1.165) is 36.4 Å². The number of hydrogen-bond acceptors (Lipinski definition) is 3. The lowest BCUT2D eigenvalue weighted by atomic mass is 10.0. The molecule has 6 heteroatoms. The molecular formula is C21H23N3O3. The molecule has 1 atom stereocenters. The number of urea groups is 1. The molecule has 2 aromatic carbocycles. The van der Waals surface area contributed by atoms with Gasteiger partial charge in [-0.25, -0.2) is 4.79 Å². The molecule has 2 aliphatic rings. The van der Waals surface area contributed by atoms with Gasteiger partial charge in [-0.15, -0.1) is 0 Å². The first-order chi connectivity index (χ1) is 13.2. The molecule has 0 spiro atoms. The van der Waals surface area contributed by atoms with Crippen LogP contribution in [0.4, 0.5) is 10.5 Å². The Morgan fingerprint density at radius 1 is 1.15 bits per heavy atom. The number of benzene rings is 2. The lowest BCUT2D eigenvalue weighted by Gasteiger charge is -2.26. The van der Waals surface area contributed by atoms with Gasteiger partial charge >= 0.3 is 6.03 Å². The van der Waals surface area contributed by atoms with Crippen LogP contribution in [0.3, 0.4) is 0 Å². The van der Waals surface area contributed by atoms with Gasteiger partial charge in [0.2, 0.25) is 0 Å². The van der Waals surface area contributed by atoms with Crippen LogP contribution < -0.4 is 15.0 Å². The first-order valence-electron chi connectivity index (χ1n) is 9.28. The second kappa shape index (κ2) is 7.31. The topological polar surface area (TPSA) is 61.9 Å². The number of likely N-dealkylation sites (tertiary alicyclic amines) is 1. The number of amides is 3. The summed E-state index contributed by atoms with van der Waals surface area (Å²) in [4.78, 5) is 28.7. The quantitative estimate of drug-likeness (QED) is 0.905. The van der Waals surface area contributed by atoms with Crippen LogP contribution in [0.2, 0.25) is 0 Å². The monoisotopic (exact) mass is 365 g/mol. The minimum absolute atomic E-state index is 0.00164. The van der Waals surface area contributed by atoms with Gasteiger partial charge in [0.25, 0.3) is 5.91 Å². The highest BCUT2D eigenvalue weighted by atomic mass is 16.5. The summed E-state index contributed by atoms with van der Waals surface area (Å²) in [5, 5.41) is 2.79. The molecule has 2 saturated heterocycles. The molecule has 0 aliphatic carbocycles. The SMILES string of the molecule is COc1cccc(C2CCCN2C(=O)c2cccc(N3CCNC3=O)c2)c1. The summed E-state index contributed by atoms with van der Waals surface area (Å²) in [6.07, 6.45) is 1.91. The van der Waals surface area contributed by atoms with Crippen molar-refractivity contribution in [1.82, 2.24) is 10.2 Å². The second-order valence-corrected chi connectivity index (χ2v) is 6.87. The number of anilines is 1. The van der Waals surface area contributed by atoms with Crippen LogP contribution in [0.25, 0.3) is 0 Å². The van der Waals surface area contributed by atoms with E-state index in [1.807, 2.05) is 53.4 Å². The van der Waals surface area contributed by atoms with Crippen LogP contribution >= 0.6 is 0 Å². The van der Waals surface area contributed by atoms with Crippen molar-refractivity contribution in [3.8, 4) is 5.75 Å². The first-order valence-corrected chi connectivity index (χ1v) is 9.28. The Bertz CT molecular complexity index is 867. The fraction of sp³-hybridized carbons (Fsp3) is 0.333. The van der Waals surface area contributed by atoms with E-state index in [9.17, 15) is 9.59 Å². The molecule has 27 heavy (non-hydrogen) atoms. The molecule has 2 aliphatic heterocycles. The van der Waals surface area contributed by atoms with Crippen molar-refractivity contribution in [2.24, 2.45) is 0 Å². The van der Waals surface area contributed by atoms with E-state index in [1.54, 1.807) is 12.0 Å². The zero-order valence-corrected chi connectivity index (χ0v) is 15.4. The highest BCUT2D eigenvalue weighted by Crippen LogP contribution is 2.35. The van der Waals surface area contributed by atoms with Crippen molar-refractivity contribution < 1.29 is 14.3 Å². The van der Waals surface area contributed by atoms with Gasteiger partial charge in [-0.3, -0.25) is 9.69 Å². The van der Waals surface area contributed by atoms with E-state index >= 15 is 0 Å². The van der Waals surface area contributed by atoms with Crippen molar-refractivity contribution in [1.29, 1.82) is 0 Å². The molecule has 0 bridgehead atoms. The van der Waals surface area contributed by atoms with Crippen molar-refractivity contribution >= 4 is 17.6 Å². The summed E-state index contributed by atoms with van der Waals surface area (Å²) in [7, 11) is 1.65. The second-order valence-electron chi connectivity index (χ2n) is 6.87. The van der Waals surface area contributed by atoms with Gasteiger partial charge in [0.15, 0.2) is 0 Å². The molecule has 2 heterocycles. The standard InChI is InChI=1S/C21H23N3O3/c1-27-18-8-3-5-15(14-18)19-9-4-11-24(19)20(25)16-6-2-7-17(13-16)23-12-10-22-21(23)26/h2-3,5-8,13-14,19H,4,9-12H2,1H3,(H,22,26). The largest absolute Gasteiger partial charge is 0.497 e. The normalized spacial score (nSPS) is 19.3. The molecule has 4 rings (SSSR count). The summed E-state index contributed by atoms with van der Waals surface area (Å²) >= 11 is 0. The van der Waals surface area contributed by atoms with Gasteiger partial charge in [-0.1, -0.05) is 18.2 Å². The zero-order valence-electron chi connectivity index (χ0n) is 15.4. The van der Waals surface area contributed by atoms with Crippen LogP contribution in [0.5, 0.6) is 5.75 Å². The molecular weight excluding hydrogens is 342 g/mol. The molecule has 2 fully saturated rings. The zero-order chi connectivity index (χ0) is 18.8. The minimum atomic E-state index is -0.116. The number of nitrogens with one attached hydrogen (secondary N) is 1. The van der Waals surface area contributed by atoms with Gasteiger partial charge in [-0.05, 0) is 48.7 Å². The summed E-state index contributed by atoms with van der Waals surface area (Å²) in [5.41, 5.74) is 2.46. The van der Waals surface area contributed by atoms with Crippen LogP contribution in [-0.2, 0) is 0 Å². The molecule has 3 amide bonds. The third-order valence-corrected chi connectivity index (χ3v) is 5.25. The minimum Gasteiger partial charge on any atom is -0.497 e. The van der Waals surface area contributed by atoms with Gasteiger partial charge in [0.1, 0.15) is 5.75 Å². The number of carbonyl (C=O) groups is 2. The summed E-state index contributed by atoms with van der Waals surface area (Å²) in [6, 6.07) is 15.2. The van der Waals surface area contributed by atoms with E-state index in [1.165, 1.54) is 0 Å². The van der Waals surface area contributed by atoms with Crippen molar-refractivity contribution in [2.45, 2.75) is 18.9 Å². The predicted octanol–water partition coefficient (Wildman–Crippen LogP) is 3.20. The lowest BCUT2D eigenvalue weighted by molar-refractivity contribution is 0.0735. The van der Waals surface area contributed by atoms with Crippen molar-refractivity contribution in [3.05, 3.63) is 59.7 Å². The number of hydrogen-bond donors (Lipinski definition) is 1. The maximum Gasteiger partial charge on any atom is 0.321 e. The molecule has 1 unspecified atom stereocenters. The van der Waals surface area contributed by atoms with Crippen LogP contribution in [0, 0.1) is 0 Å². The number of nitrogens with zero attached hydrogens (tertiary/aromatic N) is 2. The van der Waals surface area contributed by atoms with Crippen LogP contribution in [0.15, 0.2) is 48.5 Å². The van der Waals surface area contributed by atoms with Crippen LogP contribution in [0.1, 0.15) is 34.8 Å². The van der Waals surface area contributed by atoms with E-state index < -0.39 is 0 Å².